The van der Waals surface area contributed by atoms with E-state index in [-0.39, 0.29) is 6.04 Å². The molecule has 1 N–H and O–H groups in total. The zero-order chi connectivity index (χ0) is 13.0. The number of nitrogens with zero attached hydrogens (tertiary/aromatic N) is 3. The number of benzene rings is 1. The molecule has 18 heavy (non-hydrogen) atoms. The molecule has 0 amide bonds. The SMILES string of the molecule is CCC(NC)c1nnc(-c2cccc(C#N)c2)s1. The van der Waals surface area contributed by atoms with E-state index in [4.69, 9.17) is 5.26 Å². The lowest BCUT2D eigenvalue weighted by atomic mass is 10.1. The molecular weight excluding hydrogens is 244 g/mol. The van der Waals surface area contributed by atoms with E-state index in [2.05, 4.69) is 28.5 Å². The molecule has 0 saturated heterocycles. The summed E-state index contributed by atoms with van der Waals surface area (Å²) >= 11 is 1.57. The Morgan fingerprint density at radius 3 is 2.94 bits per heavy atom. The van der Waals surface area contributed by atoms with Gasteiger partial charge in [0.2, 0.25) is 0 Å². The van der Waals surface area contributed by atoms with Crippen LogP contribution in [0.4, 0.5) is 0 Å². The molecule has 1 aromatic heterocycles. The molecule has 1 heterocycles. The van der Waals surface area contributed by atoms with Gasteiger partial charge in [0.05, 0.1) is 17.7 Å². The van der Waals surface area contributed by atoms with Crippen molar-refractivity contribution >= 4 is 11.3 Å². The van der Waals surface area contributed by atoms with Crippen molar-refractivity contribution in [2.45, 2.75) is 19.4 Å². The highest BCUT2D eigenvalue weighted by Gasteiger charge is 2.13. The molecule has 0 aliphatic rings. The molecule has 2 aromatic rings. The molecule has 0 saturated carbocycles. The molecule has 0 aliphatic heterocycles. The first-order valence-corrected chi connectivity index (χ1v) is 6.61. The van der Waals surface area contributed by atoms with Crippen LogP contribution in [0.3, 0.4) is 0 Å². The predicted molar refractivity (Wildman–Crippen MR) is 72.2 cm³/mol. The van der Waals surface area contributed by atoms with Crippen molar-refractivity contribution in [1.29, 1.82) is 5.26 Å². The summed E-state index contributed by atoms with van der Waals surface area (Å²) in [5.41, 5.74) is 1.59. The van der Waals surface area contributed by atoms with Crippen LogP contribution in [0.1, 0.15) is 30.0 Å². The fourth-order valence-corrected chi connectivity index (χ4v) is 2.75. The standard InChI is InChI=1S/C13H14N4S/c1-3-11(15-2)13-17-16-12(18-13)10-6-4-5-9(7-10)8-14/h4-7,11,15H,3H2,1-2H3. The lowest BCUT2D eigenvalue weighted by Gasteiger charge is -2.07. The molecule has 0 radical (unpaired) electrons. The summed E-state index contributed by atoms with van der Waals surface area (Å²) < 4.78 is 0. The van der Waals surface area contributed by atoms with Gasteiger partial charge in [-0.25, -0.2) is 0 Å². The Morgan fingerprint density at radius 2 is 2.28 bits per heavy atom. The van der Waals surface area contributed by atoms with Crippen LogP contribution in [-0.2, 0) is 0 Å². The van der Waals surface area contributed by atoms with Gasteiger partial charge < -0.3 is 5.32 Å². The number of nitriles is 1. The van der Waals surface area contributed by atoms with Gasteiger partial charge in [0.25, 0.3) is 0 Å². The van der Waals surface area contributed by atoms with E-state index >= 15 is 0 Å². The van der Waals surface area contributed by atoms with Gasteiger partial charge in [-0.15, -0.1) is 10.2 Å². The topological polar surface area (TPSA) is 61.6 Å². The van der Waals surface area contributed by atoms with Crippen LogP contribution in [-0.4, -0.2) is 17.2 Å². The minimum Gasteiger partial charge on any atom is -0.311 e. The van der Waals surface area contributed by atoms with E-state index in [0.717, 1.165) is 22.0 Å². The predicted octanol–water partition coefficient (Wildman–Crippen LogP) is 2.75. The minimum atomic E-state index is 0.246. The molecule has 2 rings (SSSR count). The second kappa shape index (κ2) is 5.71. The molecule has 0 spiro atoms. The zero-order valence-electron chi connectivity index (χ0n) is 10.3. The third-order valence-electron chi connectivity index (χ3n) is 2.73. The highest BCUT2D eigenvalue weighted by atomic mass is 32.1. The van der Waals surface area contributed by atoms with Crippen LogP contribution in [0.15, 0.2) is 24.3 Å². The lowest BCUT2D eigenvalue weighted by Crippen LogP contribution is -2.14. The fraction of sp³-hybridized carbons (Fsp3) is 0.308. The Balaban J connectivity index is 2.32. The first-order chi connectivity index (χ1) is 8.78. The van der Waals surface area contributed by atoms with Crippen molar-refractivity contribution < 1.29 is 0 Å². The van der Waals surface area contributed by atoms with E-state index in [0.29, 0.717) is 5.56 Å². The average molecular weight is 258 g/mol. The van der Waals surface area contributed by atoms with Gasteiger partial charge in [-0.2, -0.15) is 5.26 Å². The smallest absolute Gasteiger partial charge is 0.147 e. The van der Waals surface area contributed by atoms with E-state index in [9.17, 15) is 0 Å². The van der Waals surface area contributed by atoms with Gasteiger partial charge in [0.15, 0.2) is 0 Å². The summed E-state index contributed by atoms with van der Waals surface area (Å²) in [6.45, 7) is 2.11. The lowest BCUT2D eigenvalue weighted by molar-refractivity contribution is 0.568. The summed E-state index contributed by atoms with van der Waals surface area (Å²) in [4.78, 5) is 0. The van der Waals surface area contributed by atoms with E-state index in [1.807, 2.05) is 25.2 Å². The van der Waals surface area contributed by atoms with Gasteiger partial charge >= 0.3 is 0 Å². The van der Waals surface area contributed by atoms with Crippen LogP contribution in [0.5, 0.6) is 0 Å². The number of rotatable bonds is 4. The van der Waals surface area contributed by atoms with Crippen molar-refractivity contribution in [3.8, 4) is 16.6 Å². The summed E-state index contributed by atoms with van der Waals surface area (Å²) in [5, 5.41) is 22.3. The number of aromatic nitrogens is 2. The Hall–Kier alpha value is -1.77. The Labute approximate surface area is 110 Å². The maximum absolute atomic E-state index is 8.89. The highest BCUT2D eigenvalue weighted by molar-refractivity contribution is 7.14. The van der Waals surface area contributed by atoms with Crippen LogP contribution >= 0.6 is 11.3 Å². The zero-order valence-corrected chi connectivity index (χ0v) is 11.2. The van der Waals surface area contributed by atoms with E-state index in [1.165, 1.54) is 0 Å². The molecule has 1 atom stereocenters. The summed E-state index contributed by atoms with van der Waals surface area (Å²) in [7, 11) is 1.92. The van der Waals surface area contributed by atoms with Crippen LogP contribution < -0.4 is 5.32 Å². The van der Waals surface area contributed by atoms with Gasteiger partial charge in [0.1, 0.15) is 10.0 Å². The average Bonchev–Trinajstić information content (AvgIpc) is 2.90. The van der Waals surface area contributed by atoms with Gasteiger partial charge in [-0.3, -0.25) is 0 Å². The largest absolute Gasteiger partial charge is 0.311 e. The first kappa shape index (κ1) is 12.7. The van der Waals surface area contributed by atoms with Crippen molar-refractivity contribution in [1.82, 2.24) is 15.5 Å². The fourth-order valence-electron chi connectivity index (χ4n) is 1.72. The van der Waals surface area contributed by atoms with Crippen LogP contribution in [0.2, 0.25) is 0 Å². The van der Waals surface area contributed by atoms with Gasteiger partial charge in [-0.1, -0.05) is 30.4 Å². The summed E-state index contributed by atoms with van der Waals surface area (Å²) in [6, 6.07) is 9.82. The van der Waals surface area contributed by atoms with Crippen molar-refractivity contribution in [2.24, 2.45) is 0 Å². The highest BCUT2D eigenvalue weighted by Crippen LogP contribution is 2.28. The third-order valence-corrected chi connectivity index (χ3v) is 3.82. The maximum Gasteiger partial charge on any atom is 0.147 e. The number of hydrogen-bond donors (Lipinski definition) is 1. The summed E-state index contributed by atoms with van der Waals surface area (Å²) in [5.74, 6) is 0. The Morgan fingerprint density at radius 1 is 1.44 bits per heavy atom. The molecule has 0 fully saturated rings. The third kappa shape index (κ3) is 2.55. The van der Waals surface area contributed by atoms with E-state index < -0.39 is 0 Å². The molecule has 0 bridgehead atoms. The molecule has 92 valence electrons. The first-order valence-electron chi connectivity index (χ1n) is 5.79. The minimum absolute atomic E-state index is 0.246. The monoisotopic (exact) mass is 258 g/mol. The molecular formula is C13H14N4S. The van der Waals surface area contributed by atoms with Gasteiger partial charge in [0, 0.05) is 5.56 Å². The second-order valence-corrected chi connectivity index (χ2v) is 4.90. The summed E-state index contributed by atoms with van der Waals surface area (Å²) in [6.07, 6.45) is 0.976. The van der Waals surface area contributed by atoms with Gasteiger partial charge in [-0.05, 0) is 25.6 Å². The molecule has 1 aromatic carbocycles. The van der Waals surface area contributed by atoms with Crippen LogP contribution in [0, 0.1) is 11.3 Å². The molecule has 4 nitrogen and oxygen atoms in total. The number of hydrogen-bond acceptors (Lipinski definition) is 5. The maximum atomic E-state index is 8.89. The van der Waals surface area contributed by atoms with Crippen molar-refractivity contribution in [3.63, 3.8) is 0 Å². The molecule has 0 aliphatic carbocycles. The Kier molecular flexibility index (Phi) is 4.03. The molecule has 1 unspecified atom stereocenters. The second-order valence-electron chi connectivity index (χ2n) is 3.89. The van der Waals surface area contributed by atoms with Crippen molar-refractivity contribution in [3.05, 3.63) is 34.8 Å². The van der Waals surface area contributed by atoms with E-state index in [1.54, 1.807) is 17.4 Å². The van der Waals surface area contributed by atoms with Crippen LogP contribution in [0.25, 0.3) is 10.6 Å². The van der Waals surface area contributed by atoms with Crippen molar-refractivity contribution in [2.75, 3.05) is 7.05 Å². The number of nitrogens with one attached hydrogen (secondary N) is 1. The normalized spacial score (nSPS) is 12.1. The quantitative estimate of drug-likeness (QED) is 0.916. The Bertz CT molecular complexity index is 566. The molecule has 5 heteroatoms.